The zero-order valence-electron chi connectivity index (χ0n) is 13.0. The third-order valence-electron chi connectivity index (χ3n) is 5.06. The van der Waals surface area contributed by atoms with Crippen molar-refractivity contribution in [1.29, 1.82) is 0 Å². The van der Waals surface area contributed by atoms with Gasteiger partial charge in [0.2, 0.25) is 5.91 Å². The van der Waals surface area contributed by atoms with E-state index in [4.69, 9.17) is 10.5 Å². The number of nitrogens with two attached hydrogens (primary N) is 1. The van der Waals surface area contributed by atoms with Crippen LogP contribution in [0.4, 0.5) is 0 Å². The van der Waals surface area contributed by atoms with Gasteiger partial charge in [0, 0.05) is 45.2 Å². The average Bonchev–Trinajstić information content (AvgIpc) is 3.23. The van der Waals surface area contributed by atoms with Gasteiger partial charge in [-0.3, -0.25) is 9.69 Å². The summed E-state index contributed by atoms with van der Waals surface area (Å²) in [5.41, 5.74) is 6.09. The zero-order valence-corrected chi connectivity index (χ0v) is 13.0. The molecule has 0 spiro atoms. The van der Waals surface area contributed by atoms with Gasteiger partial charge in [-0.15, -0.1) is 0 Å². The molecule has 2 heterocycles. The van der Waals surface area contributed by atoms with Gasteiger partial charge >= 0.3 is 0 Å². The standard InChI is InChI=1S/C16H29N3O2/c17-15(13-4-5-13)11-16(20)19-7-2-6-18(8-9-19)12-14-3-1-10-21-14/h13-15H,1-12,17H2. The summed E-state index contributed by atoms with van der Waals surface area (Å²) in [5.74, 6) is 0.866. The Hall–Kier alpha value is -0.650. The van der Waals surface area contributed by atoms with Crippen molar-refractivity contribution in [1.82, 2.24) is 9.80 Å². The molecule has 5 heteroatoms. The Bertz CT molecular complexity index is 353. The van der Waals surface area contributed by atoms with Crippen LogP contribution in [0.2, 0.25) is 0 Å². The van der Waals surface area contributed by atoms with Crippen LogP contribution in [-0.2, 0) is 9.53 Å². The second kappa shape index (κ2) is 7.07. The highest BCUT2D eigenvalue weighted by molar-refractivity contribution is 5.77. The molecule has 0 radical (unpaired) electrons. The summed E-state index contributed by atoms with van der Waals surface area (Å²) >= 11 is 0. The average molecular weight is 295 g/mol. The van der Waals surface area contributed by atoms with Crippen LogP contribution < -0.4 is 5.73 Å². The van der Waals surface area contributed by atoms with Crippen molar-refractivity contribution >= 4 is 5.91 Å². The smallest absolute Gasteiger partial charge is 0.224 e. The van der Waals surface area contributed by atoms with Crippen LogP contribution in [0.3, 0.4) is 0 Å². The summed E-state index contributed by atoms with van der Waals surface area (Å²) in [7, 11) is 0. The summed E-state index contributed by atoms with van der Waals surface area (Å²) in [4.78, 5) is 16.8. The molecule has 3 fully saturated rings. The number of ether oxygens (including phenoxy) is 1. The first kappa shape index (κ1) is 15.3. The van der Waals surface area contributed by atoms with Crippen molar-refractivity contribution in [3.8, 4) is 0 Å². The first-order chi connectivity index (χ1) is 10.2. The van der Waals surface area contributed by atoms with Gasteiger partial charge in [0.25, 0.3) is 0 Å². The van der Waals surface area contributed by atoms with E-state index in [-0.39, 0.29) is 11.9 Å². The minimum absolute atomic E-state index is 0.0868. The van der Waals surface area contributed by atoms with E-state index in [1.807, 2.05) is 4.90 Å². The second-order valence-electron chi connectivity index (χ2n) is 6.88. The van der Waals surface area contributed by atoms with Crippen molar-refractivity contribution in [3.63, 3.8) is 0 Å². The fourth-order valence-electron chi connectivity index (χ4n) is 3.50. The van der Waals surface area contributed by atoms with Crippen molar-refractivity contribution in [2.75, 3.05) is 39.3 Å². The molecule has 21 heavy (non-hydrogen) atoms. The molecular formula is C16H29N3O2. The topological polar surface area (TPSA) is 58.8 Å². The Morgan fingerprint density at radius 3 is 2.71 bits per heavy atom. The highest BCUT2D eigenvalue weighted by Crippen LogP contribution is 2.33. The summed E-state index contributed by atoms with van der Waals surface area (Å²) in [6, 6.07) is 0.0868. The number of hydrogen-bond donors (Lipinski definition) is 1. The maximum absolute atomic E-state index is 12.3. The molecule has 2 atom stereocenters. The lowest BCUT2D eigenvalue weighted by Crippen LogP contribution is -2.40. The van der Waals surface area contributed by atoms with E-state index in [0.29, 0.717) is 18.4 Å². The third kappa shape index (κ3) is 4.41. The first-order valence-corrected chi connectivity index (χ1v) is 8.59. The molecule has 2 unspecified atom stereocenters. The number of hydrogen-bond acceptors (Lipinski definition) is 4. The third-order valence-corrected chi connectivity index (χ3v) is 5.06. The van der Waals surface area contributed by atoms with Gasteiger partial charge in [0.1, 0.15) is 0 Å². The van der Waals surface area contributed by atoms with Gasteiger partial charge < -0.3 is 15.4 Å². The summed E-state index contributed by atoms with van der Waals surface area (Å²) in [6.45, 7) is 5.75. The maximum atomic E-state index is 12.3. The molecule has 0 aromatic rings. The van der Waals surface area contributed by atoms with Crippen LogP contribution in [0.1, 0.15) is 38.5 Å². The SMILES string of the molecule is NC(CC(=O)N1CCCN(CC2CCCO2)CC1)C1CC1. The van der Waals surface area contributed by atoms with Crippen LogP contribution in [-0.4, -0.2) is 67.2 Å². The van der Waals surface area contributed by atoms with Crippen LogP contribution in [0.15, 0.2) is 0 Å². The Balaban J connectivity index is 1.42. The molecule has 1 amide bonds. The van der Waals surface area contributed by atoms with E-state index >= 15 is 0 Å². The van der Waals surface area contributed by atoms with E-state index in [0.717, 1.165) is 45.8 Å². The lowest BCUT2D eigenvalue weighted by Gasteiger charge is -2.24. The monoisotopic (exact) mass is 295 g/mol. The Morgan fingerprint density at radius 1 is 1.14 bits per heavy atom. The van der Waals surface area contributed by atoms with Crippen LogP contribution in [0.25, 0.3) is 0 Å². The van der Waals surface area contributed by atoms with Crippen molar-refractivity contribution in [2.45, 2.75) is 50.7 Å². The molecule has 2 aliphatic heterocycles. The van der Waals surface area contributed by atoms with Gasteiger partial charge in [-0.05, 0) is 44.6 Å². The number of rotatable bonds is 5. The van der Waals surface area contributed by atoms with E-state index in [9.17, 15) is 4.79 Å². The Morgan fingerprint density at radius 2 is 2.00 bits per heavy atom. The van der Waals surface area contributed by atoms with Crippen molar-refractivity contribution in [2.24, 2.45) is 11.7 Å². The number of amides is 1. The van der Waals surface area contributed by atoms with Crippen molar-refractivity contribution < 1.29 is 9.53 Å². The first-order valence-electron chi connectivity index (χ1n) is 8.59. The van der Waals surface area contributed by atoms with E-state index in [2.05, 4.69) is 4.90 Å². The Kier molecular flexibility index (Phi) is 5.14. The summed E-state index contributed by atoms with van der Waals surface area (Å²) in [5, 5.41) is 0. The van der Waals surface area contributed by atoms with Crippen LogP contribution in [0, 0.1) is 5.92 Å². The highest BCUT2D eigenvalue weighted by Gasteiger charge is 2.31. The predicted molar refractivity (Wildman–Crippen MR) is 81.9 cm³/mol. The quantitative estimate of drug-likeness (QED) is 0.816. The lowest BCUT2D eigenvalue weighted by molar-refractivity contribution is -0.131. The fourth-order valence-corrected chi connectivity index (χ4v) is 3.50. The summed E-state index contributed by atoms with van der Waals surface area (Å²) < 4.78 is 5.72. The van der Waals surface area contributed by atoms with E-state index in [1.54, 1.807) is 0 Å². The zero-order chi connectivity index (χ0) is 14.7. The molecule has 3 rings (SSSR count). The number of carbonyl (C=O) groups is 1. The van der Waals surface area contributed by atoms with Gasteiger partial charge in [0.15, 0.2) is 0 Å². The van der Waals surface area contributed by atoms with E-state index < -0.39 is 0 Å². The molecule has 2 saturated heterocycles. The second-order valence-corrected chi connectivity index (χ2v) is 6.88. The largest absolute Gasteiger partial charge is 0.377 e. The molecule has 3 aliphatic rings. The molecule has 1 aliphatic carbocycles. The molecule has 0 aromatic carbocycles. The normalized spacial score (nSPS) is 29.4. The summed E-state index contributed by atoms with van der Waals surface area (Å²) in [6.07, 6.45) is 6.83. The van der Waals surface area contributed by atoms with Gasteiger partial charge in [-0.2, -0.15) is 0 Å². The van der Waals surface area contributed by atoms with Gasteiger partial charge in [0.05, 0.1) is 6.10 Å². The lowest BCUT2D eigenvalue weighted by atomic mass is 10.1. The molecule has 0 bridgehead atoms. The molecule has 5 nitrogen and oxygen atoms in total. The molecule has 2 N–H and O–H groups in total. The molecule has 0 aromatic heterocycles. The molecule has 1 saturated carbocycles. The van der Waals surface area contributed by atoms with Gasteiger partial charge in [-0.25, -0.2) is 0 Å². The Labute approximate surface area is 127 Å². The predicted octanol–water partition coefficient (Wildman–Crippen LogP) is 0.827. The van der Waals surface area contributed by atoms with Crippen LogP contribution >= 0.6 is 0 Å². The van der Waals surface area contributed by atoms with Crippen molar-refractivity contribution in [3.05, 3.63) is 0 Å². The molecule has 120 valence electrons. The minimum Gasteiger partial charge on any atom is -0.377 e. The minimum atomic E-state index is 0.0868. The highest BCUT2D eigenvalue weighted by atomic mass is 16.5. The van der Waals surface area contributed by atoms with Gasteiger partial charge in [-0.1, -0.05) is 0 Å². The number of carbonyl (C=O) groups excluding carboxylic acids is 1. The number of nitrogens with zero attached hydrogens (tertiary/aromatic N) is 2. The molecular weight excluding hydrogens is 266 g/mol. The van der Waals surface area contributed by atoms with E-state index in [1.165, 1.54) is 25.7 Å². The fraction of sp³-hybridized carbons (Fsp3) is 0.938. The van der Waals surface area contributed by atoms with Crippen LogP contribution in [0.5, 0.6) is 0 Å². The maximum Gasteiger partial charge on any atom is 0.224 e.